The number of hydrogen-bond donors (Lipinski definition) is 2. The molecule has 0 saturated carbocycles. The van der Waals surface area contributed by atoms with Crippen molar-refractivity contribution in [2.45, 2.75) is 12.0 Å². The summed E-state index contributed by atoms with van der Waals surface area (Å²) < 4.78 is 124. The van der Waals surface area contributed by atoms with Gasteiger partial charge in [-0.25, -0.2) is 35.1 Å². The van der Waals surface area contributed by atoms with Crippen LogP contribution in [0.4, 0.5) is 39.5 Å². The topological polar surface area (TPSA) is 40.5 Å². The summed E-state index contributed by atoms with van der Waals surface area (Å²) in [6.45, 7) is 0. The number of alkyl halides is 2. The van der Waals surface area contributed by atoms with Gasteiger partial charge in [-0.3, -0.25) is 0 Å². The zero-order valence-corrected chi connectivity index (χ0v) is 11.4. The molecule has 1 aliphatic carbocycles. The van der Waals surface area contributed by atoms with Crippen LogP contribution in [0.2, 0.25) is 0 Å². The largest absolute Gasteiger partial charge is 0.503 e. The van der Waals surface area contributed by atoms with Gasteiger partial charge in [0.25, 0.3) is 5.85 Å². The summed E-state index contributed by atoms with van der Waals surface area (Å²) in [5.74, 6) is -24.0. The van der Waals surface area contributed by atoms with Gasteiger partial charge in [0, 0.05) is 0 Å². The predicted molar refractivity (Wildman–Crippen MR) is 64.4 cm³/mol. The number of halogens is 9. The lowest BCUT2D eigenvalue weighted by atomic mass is 9.86. The van der Waals surface area contributed by atoms with Crippen LogP contribution in [0.5, 0.6) is 5.75 Å². The molecule has 0 saturated heterocycles. The van der Waals surface area contributed by atoms with Gasteiger partial charge in [-0.2, -0.15) is 4.39 Å². The van der Waals surface area contributed by atoms with E-state index in [0.717, 1.165) is 0 Å². The number of aliphatic hydroxyl groups is 1. The summed E-state index contributed by atoms with van der Waals surface area (Å²) in [6.07, 6.45) is -3.84. The first kappa shape index (κ1) is 17.4. The van der Waals surface area contributed by atoms with E-state index in [0.29, 0.717) is 0 Å². The number of phenols is 1. The molecular formula is C14H3F9O2. The van der Waals surface area contributed by atoms with Crippen molar-refractivity contribution in [2.24, 2.45) is 0 Å². The molecule has 0 bridgehead atoms. The highest BCUT2D eigenvalue weighted by molar-refractivity contribution is 5.92. The molecule has 2 unspecified atom stereocenters. The van der Waals surface area contributed by atoms with Crippen LogP contribution in [-0.4, -0.2) is 16.4 Å². The monoisotopic (exact) mass is 374 g/mol. The third kappa shape index (κ3) is 1.92. The van der Waals surface area contributed by atoms with Gasteiger partial charge in [0.05, 0.1) is 21.9 Å². The van der Waals surface area contributed by atoms with Crippen LogP contribution < -0.4 is 0 Å². The molecule has 25 heavy (non-hydrogen) atoms. The molecule has 0 heterocycles. The first-order valence-corrected chi connectivity index (χ1v) is 6.25. The lowest BCUT2D eigenvalue weighted by Gasteiger charge is -2.30. The Balaban J connectivity index is 2.69. The maximum atomic E-state index is 14.4. The molecule has 3 rings (SSSR count). The van der Waals surface area contributed by atoms with Gasteiger partial charge in [0.15, 0.2) is 29.0 Å². The van der Waals surface area contributed by atoms with Crippen molar-refractivity contribution < 1.29 is 49.7 Å². The Morgan fingerprint density at radius 3 is 1.84 bits per heavy atom. The summed E-state index contributed by atoms with van der Waals surface area (Å²) in [4.78, 5) is 0. The average molecular weight is 374 g/mol. The molecule has 11 heteroatoms. The molecule has 0 radical (unpaired) electrons. The van der Waals surface area contributed by atoms with Crippen LogP contribution in [0.1, 0.15) is 11.1 Å². The molecule has 0 spiro atoms. The Labute approximate surface area is 131 Å². The van der Waals surface area contributed by atoms with Crippen LogP contribution in [0.15, 0.2) is 5.83 Å². The normalized spacial score (nSPS) is 23.4. The van der Waals surface area contributed by atoms with Crippen LogP contribution in [0, 0.1) is 29.1 Å². The number of phenolic OH excluding ortho intramolecular Hbond substituents is 1. The summed E-state index contributed by atoms with van der Waals surface area (Å²) in [7, 11) is 0. The highest BCUT2D eigenvalue weighted by Crippen LogP contribution is 2.50. The molecule has 0 aromatic heterocycles. The van der Waals surface area contributed by atoms with E-state index in [2.05, 4.69) is 0 Å². The number of fused-ring (bicyclic) bond motifs is 2. The fourth-order valence-corrected chi connectivity index (χ4v) is 2.59. The fraction of sp³-hybridized carbons (Fsp3) is 0.143. The van der Waals surface area contributed by atoms with Crippen molar-refractivity contribution in [3.8, 4) is 5.75 Å². The van der Waals surface area contributed by atoms with E-state index in [9.17, 15) is 44.6 Å². The van der Waals surface area contributed by atoms with Gasteiger partial charge < -0.3 is 10.2 Å². The smallest absolute Gasteiger partial charge is 0.274 e. The maximum absolute atomic E-state index is 14.4. The summed E-state index contributed by atoms with van der Waals surface area (Å²) in [6, 6.07) is 0. The van der Waals surface area contributed by atoms with Crippen molar-refractivity contribution in [3.05, 3.63) is 46.0 Å². The van der Waals surface area contributed by atoms with Gasteiger partial charge >= 0.3 is 0 Å². The molecule has 2 aromatic rings. The third-order valence-electron chi connectivity index (χ3n) is 3.76. The standard InChI is InChI=1S/C14H3F9O2/c15-5-1-2(9(19)12(24)10(20)7(1)17)6(16)4-3(5)8(18)11(21)13(22)14(4,23)25/h13,24-25H. The van der Waals surface area contributed by atoms with E-state index in [1.807, 2.05) is 0 Å². The van der Waals surface area contributed by atoms with Gasteiger partial charge in [-0.1, -0.05) is 0 Å². The van der Waals surface area contributed by atoms with Crippen molar-refractivity contribution in [3.63, 3.8) is 0 Å². The van der Waals surface area contributed by atoms with Crippen molar-refractivity contribution >= 4 is 16.6 Å². The minimum absolute atomic E-state index is 1.92. The van der Waals surface area contributed by atoms with E-state index >= 15 is 0 Å². The van der Waals surface area contributed by atoms with Crippen LogP contribution in [0.3, 0.4) is 0 Å². The van der Waals surface area contributed by atoms with Gasteiger partial charge in [-0.15, -0.1) is 0 Å². The number of benzene rings is 2. The second-order valence-corrected chi connectivity index (χ2v) is 5.12. The molecule has 0 amide bonds. The molecule has 2 nitrogen and oxygen atoms in total. The number of aromatic hydroxyl groups is 1. The van der Waals surface area contributed by atoms with Gasteiger partial charge in [0.1, 0.15) is 11.6 Å². The average Bonchev–Trinajstić information content (AvgIpc) is 2.55. The molecule has 134 valence electrons. The Bertz CT molecular complexity index is 981. The summed E-state index contributed by atoms with van der Waals surface area (Å²) in [5.41, 5.74) is -4.28. The maximum Gasteiger partial charge on any atom is 0.274 e. The van der Waals surface area contributed by atoms with Crippen molar-refractivity contribution in [1.29, 1.82) is 0 Å². The highest BCUT2D eigenvalue weighted by Gasteiger charge is 2.53. The number of rotatable bonds is 0. The summed E-state index contributed by atoms with van der Waals surface area (Å²) in [5, 5.41) is 14.5. The first-order valence-electron chi connectivity index (χ1n) is 6.25. The SMILES string of the molecule is Oc1c(F)c(F)c2c(F)c3c(c(F)c2c1F)C(O)(F)C(F)C(F)=C3F. The lowest BCUT2D eigenvalue weighted by Crippen LogP contribution is -2.38. The van der Waals surface area contributed by atoms with Crippen molar-refractivity contribution in [2.75, 3.05) is 0 Å². The Hall–Kier alpha value is -2.43. The summed E-state index contributed by atoms with van der Waals surface area (Å²) >= 11 is 0. The van der Waals surface area contributed by atoms with Gasteiger partial charge in [0.2, 0.25) is 12.0 Å². The van der Waals surface area contributed by atoms with E-state index in [4.69, 9.17) is 5.11 Å². The zero-order valence-electron chi connectivity index (χ0n) is 11.4. The van der Waals surface area contributed by atoms with Crippen LogP contribution in [-0.2, 0) is 5.85 Å². The molecule has 2 atom stereocenters. The second kappa shape index (κ2) is 5.04. The third-order valence-corrected chi connectivity index (χ3v) is 3.76. The zero-order chi connectivity index (χ0) is 19.0. The van der Waals surface area contributed by atoms with Gasteiger partial charge in [-0.05, 0) is 0 Å². The Kier molecular flexibility index (Phi) is 3.50. The number of hydrogen-bond acceptors (Lipinski definition) is 2. The highest BCUT2D eigenvalue weighted by atomic mass is 19.2. The molecule has 0 fully saturated rings. The van der Waals surface area contributed by atoms with E-state index in [1.165, 1.54) is 0 Å². The molecule has 2 aromatic carbocycles. The van der Waals surface area contributed by atoms with E-state index in [1.54, 1.807) is 0 Å². The first-order chi connectivity index (χ1) is 11.4. The van der Waals surface area contributed by atoms with E-state index < -0.39 is 80.4 Å². The van der Waals surface area contributed by atoms with Crippen molar-refractivity contribution in [1.82, 2.24) is 0 Å². The Morgan fingerprint density at radius 2 is 1.28 bits per heavy atom. The molecular weight excluding hydrogens is 371 g/mol. The van der Waals surface area contributed by atoms with Crippen LogP contribution >= 0.6 is 0 Å². The molecule has 1 aliphatic rings. The predicted octanol–water partition coefficient (Wildman–Crippen LogP) is 4.31. The fourth-order valence-electron chi connectivity index (χ4n) is 2.59. The van der Waals surface area contributed by atoms with Crippen LogP contribution in [0.25, 0.3) is 16.6 Å². The Morgan fingerprint density at radius 1 is 0.760 bits per heavy atom. The quantitative estimate of drug-likeness (QED) is 0.533. The molecule has 0 aliphatic heterocycles. The van der Waals surface area contributed by atoms with E-state index in [-0.39, 0.29) is 0 Å². The molecule has 2 N–H and O–H groups in total. The minimum atomic E-state index is -4.69. The minimum Gasteiger partial charge on any atom is -0.503 e. The lowest BCUT2D eigenvalue weighted by molar-refractivity contribution is -0.149. The second-order valence-electron chi connectivity index (χ2n) is 5.12.